The van der Waals surface area contributed by atoms with E-state index in [1.54, 1.807) is 0 Å². The fraction of sp³-hybridized carbons (Fsp3) is 0.917. The first-order valence-electron chi connectivity index (χ1n) is 6.48. The van der Waals surface area contributed by atoms with Crippen molar-refractivity contribution in [2.24, 2.45) is 0 Å². The summed E-state index contributed by atoms with van der Waals surface area (Å²) in [6.45, 7) is 4.34. The number of carbonyl (C=O) groups is 1. The quantitative estimate of drug-likeness (QED) is 0.680. The molecule has 17 heavy (non-hydrogen) atoms. The number of aliphatic hydroxyl groups is 2. The van der Waals surface area contributed by atoms with Crippen molar-refractivity contribution < 1.29 is 15.0 Å². The van der Waals surface area contributed by atoms with E-state index in [0.717, 1.165) is 25.9 Å². The summed E-state index contributed by atoms with van der Waals surface area (Å²) < 4.78 is 0. The molecule has 2 fully saturated rings. The van der Waals surface area contributed by atoms with E-state index < -0.39 is 12.2 Å². The number of carbonyl (C=O) groups excluding carboxylic acids is 1. The molecule has 2 saturated heterocycles. The van der Waals surface area contributed by atoms with Crippen LogP contribution in [0.4, 0.5) is 0 Å². The standard InChI is InChI=1S/C12H22N2O3/c1-9(14-7-10(15)11(16)8-14)12(17)13-5-3-2-4-6-13/h9-11,15-16H,2-8H2,1H3. The highest BCUT2D eigenvalue weighted by Gasteiger charge is 2.36. The van der Waals surface area contributed by atoms with Gasteiger partial charge in [-0.15, -0.1) is 0 Å². The fourth-order valence-corrected chi connectivity index (χ4v) is 2.65. The molecule has 0 aliphatic carbocycles. The highest BCUT2D eigenvalue weighted by Crippen LogP contribution is 2.17. The van der Waals surface area contributed by atoms with Crippen LogP contribution in [0.15, 0.2) is 0 Å². The van der Waals surface area contributed by atoms with E-state index in [-0.39, 0.29) is 11.9 Å². The second kappa shape index (κ2) is 5.33. The third-order valence-corrected chi connectivity index (χ3v) is 3.86. The van der Waals surface area contributed by atoms with Gasteiger partial charge in [0.25, 0.3) is 0 Å². The van der Waals surface area contributed by atoms with Crippen LogP contribution in [0, 0.1) is 0 Å². The van der Waals surface area contributed by atoms with Crippen LogP contribution in [0.5, 0.6) is 0 Å². The molecular weight excluding hydrogens is 220 g/mol. The first kappa shape index (κ1) is 12.8. The lowest BCUT2D eigenvalue weighted by atomic mass is 10.1. The number of nitrogens with zero attached hydrogens (tertiary/aromatic N) is 2. The molecule has 2 aliphatic rings. The Morgan fingerprint density at radius 3 is 2.18 bits per heavy atom. The van der Waals surface area contributed by atoms with Crippen molar-refractivity contribution >= 4 is 5.91 Å². The van der Waals surface area contributed by atoms with Gasteiger partial charge < -0.3 is 15.1 Å². The number of hydrogen-bond acceptors (Lipinski definition) is 4. The van der Waals surface area contributed by atoms with Gasteiger partial charge in [0.1, 0.15) is 0 Å². The molecule has 2 heterocycles. The van der Waals surface area contributed by atoms with Crippen molar-refractivity contribution in [1.82, 2.24) is 9.80 Å². The molecule has 0 bridgehead atoms. The Kier molecular flexibility index (Phi) is 4.01. The lowest BCUT2D eigenvalue weighted by Crippen LogP contribution is -2.48. The molecule has 3 atom stereocenters. The van der Waals surface area contributed by atoms with E-state index in [0.29, 0.717) is 13.1 Å². The third-order valence-electron chi connectivity index (χ3n) is 3.86. The van der Waals surface area contributed by atoms with E-state index in [1.807, 2.05) is 16.7 Å². The van der Waals surface area contributed by atoms with Gasteiger partial charge in [0.2, 0.25) is 5.91 Å². The molecule has 1 amide bonds. The Morgan fingerprint density at radius 1 is 1.12 bits per heavy atom. The van der Waals surface area contributed by atoms with Crippen LogP contribution >= 0.6 is 0 Å². The minimum Gasteiger partial charge on any atom is -0.389 e. The number of rotatable bonds is 2. The predicted molar refractivity (Wildman–Crippen MR) is 63.5 cm³/mol. The van der Waals surface area contributed by atoms with Crippen LogP contribution in [-0.4, -0.2) is 70.3 Å². The van der Waals surface area contributed by atoms with E-state index >= 15 is 0 Å². The summed E-state index contributed by atoms with van der Waals surface area (Å²) in [7, 11) is 0. The van der Waals surface area contributed by atoms with Crippen molar-refractivity contribution in [2.75, 3.05) is 26.2 Å². The molecule has 0 aromatic rings. The van der Waals surface area contributed by atoms with Crippen LogP contribution in [0.2, 0.25) is 0 Å². The average Bonchev–Trinajstić information content (AvgIpc) is 2.69. The van der Waals surface area contributed by atoms with Gasteiger partial charge in [0.15, 0.2) is 0 Å². The van der Waals surface area contributed by atoms with Crippen LogP contribution in [-0.2, 0) is 4.79 Å². The normalized spacial score (nSPS) is 32.8. The maximum Gasteiger partial charge on any atom is 0.239 e. The minimum absolute atomic E-state index is 0.131. The molecular formula is C12H22N2O3. The molecule has 0 saturated carbocycles. The average molecular weight is 242 g/mol. The van der Waals surface area contributed by atoms with Gasteiger partial charge in [-0.25, -0.2) is 0 Å². The summed E-state index contributed by atoms with van der Waals surface area (Å²) in [4.78, 5) is 16.0. The molecule has 5 heteroatoms. The summed E-state index contributed by atoms with van der Waals surface area (Å²) in [6, 6.07) is -0.236. The van der Waals surface area contributed by atoms with E-state index in [9.17, 15) is 15.0 Å². The second-order valence-corrected chi connectivity index (χ2v) is 5.15. The topological polar surface area (TPSA) is 64.0 Å². The summed E-state index contributed by atoms with van der Waals surface area (Å²) in [5.74, 6) is 0.131. The number of aliphatic hydroxyl groups excluding tert-OH is 2. The molecule has 2 N–H and O–H groups in total. The van der Waals surface area contributed by atoms with Crippen molar-refractivity contribution in [3.63, 3.8) is 0 Å². The Morgan fingerprint density at radius 2 is 1.65 bits per heavy atom. The van der Waals surface area contributed by atoms with Crippen molar-refractivity contribution in [3.05, 3.63) is 0 Å². The lowest BCUT2D eigenvalue weighted by molar-refractivity contribution is -0.137. The Balaban J connectivity index is 1.90. The van der Waals surface area contributed by atoms with E-state index in [2.05, 4.69) is 0 Å². The molecule has 3 unspecified atom stereocenters. The van der Waals surface area contributed by atoms with Gasteiger partial charge in [-0.1, -0.05) is 0 Å². The van der Waals surface area contributed by atoms with Crippen molar-refractivity contribution in [2.45, 2.75) is 44.4 Å². The lowest BCUT2D eigenvalue weighted by Gasteiger charge is -2.32. The van der Waals surface area contributed by atoms with E-state index in [4.69, 9.17) is 0 Å². The molecule has 5 nitrogen and oxygen atoms in total. The predicted octanol–water partition coefficient (Wildman–Crippen LogP) is -0.575. The zero-order valence-electron chi connectivity index (χ0n) is 10.4. The van der Waals surface area contributed by atoms with Gasteiger partial charge in [0.05, 0.1) is 18.2 Å². The van der Waals surface area contributed by atoms with Gasteiger partial charge in [-0.3, -0.25) is 9.69 Å². The summed E-state index contributed by atoms with van der Waals surface area (Å²) in [5, 5.41) is 19.0. The van der Waals surface area contributed by atoms with Gasteiger partial charge in [-0.05, 0) is 26.2 Å². The molecule has 0 aromatic heterocycles. The zero-order valence-corrected chi connectivity index (χ0v) is 10.4. The number of β-amino-alcohol motifs (C(OH)–C–C–N with tert-alkyl or cyclic N) is 2. The first-order chi connectivity index (χ1) is 8.09. The molecule has 2 rings (SSSR count). The third kappa shape index (κ3) is 2.78. The van der Waals surface area contributed by atoms with Crippen LogP contribution in [0.1, 0.15) is 26.2 Å². The number of hydrogen-bond donors (Lipinski definition) is 2. The Bertz CT molecular complexity index is 269. The number of likely N-dealkylation sites (tertiary alicyclic amines) is 2. The van der Waals surface area contributed by atoms with Crippen LogP contribution in [0.3, 0.4) is 0 Å². The fourth-order valence-electron chi connectivity index (χ4n) is 2.65. The zero-order chi connectivity index (χ0) is 12.4. The molecule has 2 aliphatic heterocycles. The smallest absolute Gasteiger partial charge is 0.239 e. The highest BCUT2D eigenvalue weighted by atomic mass is 16.3. The highest BCUT2D eigenvalue weighted by molar-refractivity contribution is 5.81. The van der Waals surface area contributed by atoms with Crippen molar-refractivity contribution in [1.29, 1.82) is 0 Å². The maximum absolute atomic E-state index is 12.2. The Hall–Kier alpha value is -0.650. The van der Waals surface area contributed by atoms with Crippen molar-refractivity contribution in [3.8, 4) is 0 Å². The minimum atomic E-state index is -0.716. The van der Waals surface area contributed by atoms with Gasteiger partial charge >= 0.3 is 0 Å². The molecule has 0 aromatic carbocycles. The second-order valence-electron chi connectivity index (χ2n) is 5.15. The largest absolute Gasteiger partial charge is 0.389 e. The van der Waals surface area contributed by atoms with Gasteiger partial charge in [-0.2, -0.15) is 0 Å². The molecule has 0 spiro atoms. The van der Waals surface area contributed by atoms with E-state index in [1.165, 1.54) is 6.42 Å². The summed E-state index contributed by atoms with van der Waals surface area (Å²) in [5.41, 5.74) is 0. The van der Waals surface area contributed by atoms with Crippen LogP contribution < -0.4 is 0 Å². The van der Waals surface area contributed by atoms with Crippen LogP contribution in [0.25, 0.3) is 0 Å². The number of piperidine rings is 1. The number of amides is 1. The molecule has 98 valence electrons. The Labute approximate surface area is 102 Å². The summed E-state index contributed by atoms with van der Waals surface area (Å²) in [6.07, 6.45) is 1.95. The summed E-state index contributed by atoms with van der Waals surface area (Å²) >= 11 is 0. The van der Waals surface area contributed by atoms with Gasteiger partial charge in [0, 0.05) is 26.2 Å². The first-order valence-corrected chi connectivity index (χ1v) is 6.48. The SMILES string of the molecule is CC(C(=O)N1CCCCC1)N1CC(O)C(O)C1. The monoisotopic (exact) mass is 242 g/mol. The molecule has 0 radical (unpaired) electrons. The maximum atomic E-state index is 12.2.